The maximum atomic E-state index is 11.9. The summed E-state index contributed by atoms with van der Waals surface area (Å²) in [7, 11) is -1.93. The summed E-state index contributed by atoms with van der Waals surface area (Å²) in [4.78, 5) is 0. The molecule has 0 aliphatic heterocycles. The van der Waals surface area contributed by atoms with Gasteiger partial charge in [0, 0.05) is 0 Å². The van der Waals surface area contributed by atoms with Gasteiger partial charge in [-0.15, -0.1) is 0 Å². The first kappa shape index (κ1) is 9.49. The van der Waals surface area contributed by atoms with Crippen LogP contribution in [0, 0.1) is 0 Å². The number of aryl methyl sites for hydroxylation is 1. The number of benzene rings is 1. The van der Waals surface area contributed by atoms with Gasteiger partial charge in [0.1, 0.15) is 5.75 Å². The quantitative estimate of drug-likeness (QED) is 0.693. The van der Waals surface area contributed by atoms with Gasteiger partial charge in [-0.05, 0) is 30.5 Å². The van der Waals surface area contributed by atoms with Gasteiger partial charge in [-0.1, -0.05) is 12.1 Å². The molecule has 0 heterocycles. The topological polar surface area (TPSA) is 49.7 Å². The molecule has 5 heteroatoms. The van der Waals surface area contributed by atoms with E-state index in [2.05, 4.69) is 4.65 Å². The first-order chi connectivity index (χ1) is 7.13. The highest BCUT2D eigenvalue weighted by molar-refractivity contribution is 6.33. The highest BCUT2D eigenvalue weighted by Gasteiger charge is 2.10. The van der Waals surface area contributed by atoms with Crippen LogP contribution >= 0.6 is 0 Å². The second-order valence-corrected chi connectivity index (χ2v) is 2.80. The van der Waals surface area contributed by atoms with Gasteiger partial charge in [0.05, 0.1) is 8.05 Å². The Morgan fingerprint density at radius 2 is 2.21 bits per heavy atom. The van der Waals surface area contributed by atoms with Crippen molar-refractivity contribution in [2.45, 2.75) is 12.8 Å². The number of halogens is 1. The van der Waals surface area contributed by atoms with Crippen LogP contribution in [0.3, 0.4) is 0 Å². The lowest BCUT2D eigenvalue weighted by Gasteiger charge is -2.05. The van der Waals surface area contributed by atoms with E-state index >= 15 is 0 Å². The van der Waals surface area contributed by atoms with E-state index in [1.165, 1.54) is 12.1 Å². The fraction of sp³-hybridized carbons (Fsp3) is 0.333. The Hall–Kier alpha value is -1.07. The van der Waals surface area contributed by atoms with E-state index in [9.17, 15) is 4.39 Å². The van der Waals surface area contributed by atoms with Crippen LogP contribution in [-0.4, -0.2) is 24.0 Å². The van der Waals surface area contributed by atoms with Crippen LogP contribution in [0.25, 0.3) is 0 Å². The van der Waals surface area contributed by atoms with E-state index in [4.69, 9.17) is 11.4 Å². The van der Waals surface area contributed by atoms with Crippen molar-refractivity contribution in [2.24, 2.45) is 0 Å². The van der Waals surface area contributed by atoms with Gasteiger partial charge in [-0.25, -0.2) is 0 Å². The average Bonchev–Trinajstić information content (AvgIpc) is 2.18. The molecule has 0 bridgehead atoms. The number of hydrogen-bond acceptors (Lipinski definition) is 3. The van der Waals surface area contributed by atoms with E-state index in [1.54, 1.807) is 6.07 Å². The molecule has 0 spiro atoms. The maximum absolute atomic E-state index is 11.9. The zero-order valence-corrected chi connectivity index (χ0v) is 7.61. The van der Waals surface area contributed by atoms with Gasteiger partial charge in [-0.2, -0.15) is 0 Å². The van der Waals surface area contributed by atoms with Crippen LogP contribution < -0.4 is 4.65 Å². The predicted molar refractivity (Wildman–Crippen MR) is 51.6 cm³/mol. The zero-order valence-electron chi connectivity index (χ0n) is 8.61. The van der Waals surface area contributed by atoms with Gasteiger partial charge < -0.3 is 14.7 Å². The summed E-state index contributed by atoms with van der Waals surface area (Å²) in [5.74, 6) is 0.0917. The fourth-order valence-electron chi connectivity index (χ4n) is 1.06. The lowest BCUT2D eigenvalue weighted by atomic mass is 10.1. The van der Waals surface area contributed by atoms with Crippen molar-refractivity contribution in [3.05, 3.63) is 29.8 Å². The SMILES string of the molecule is [2H]c1cc(CCCF)ccc1OB(O)O. The van der Waals surface area contributed by atoms with E-state index in [0.29, 0.717) is 12.8 Å². The molecule has 0 aromatic heterocycles. The molecule has 0 fully saturated rings. The molecular formula is C9H12BFO3. The zero-order chi connectivity index (χ0) is 11.3. The van der Waals surface area contributed by atoms with Gasteiger partial charge in [0.2, 0.25) is 0 Å². The summed E-state index contributed by atoms with van der Waals surface area (Å²) >= 11 is 0. The maximum Gasteiger partial charge on any atom is 0.707 e. The molecule has 0 saturated carbocycles. The normalized spacial score (nSPS) is 10.9. The summed E-state index contributed by atoms with van der Waals surface area (Å²) in [6.07, 6.45) is 0.979. The molecule has 1 aromatic rings. The summed E-state index contributed by atoms with van der Waals surface area (Å²) in [5.41, 5.74) is 0.831. The molecule has 0 unspecified atom stereocenters. The summed E-state index contributed by atoms with van der Waals surface area (Å²) in [6.45, 7) is -0.388. The molecule has 1 aromatic carbocycles. The van der Waals surface area contributed by atoms with E-state index in [0.717, 1.165) is 5.56 Å². The molecule has 0 atom stereocenters. The largest absolute Gasteiger partial charge is 0.707 e. The first-order valence-electron chi connectivity index (χ1n) is 4.82. The van der Waals surface area contributed by atoms with E-state index < -0.39 is 7.32 Å². The summed E-state index contributed by atoms with van der Waals surface area (Å²) in [5, 5.41) is 17.1. The molecule has 0 saturated heterocycles. The minimum Gasteiger partial charge on any atom is -0.512 e. The van der Waals surface area contributed by atoms with Gasteiger partial charge in [0.15, 0.2) is 0 Å². The predicted octanol–water partition coefficient (Wildman–Crippen LogP) is 0.937. The highest BCUT2D eigenvalue weighted by atomic mass is 19.1. The highest BCUT2D eigenvalue weighted by Crippen LogP contribution is 2.13. The number of rotatable bonds is 5. The Kier molecular flexibility index (Phi) is 3.81. The van der Waals surface area contributed by atoms with E-state index in [-0.39, 0.29) is 18.5 Å². The van der Waals surface area contributed by atoms with E-state index in [1.807, 2.05) is 0 Å². The smallest absolute Gasteiger partial charge is 0.512 e. The van der Waals surface area contributed by atoms with Crippen LogP contribution in [0.4, 0.5) is 4.39 Å². The molecule has 3 nitrogen and oxygen atoms in total. The van der Waals surface area contributed by atoms with Crippen LogP contribution in [-0.2, 0) is 6.42 Å². The van der Waals surface area contributed by atoms with Crippen molar-refractivity contribution in [1.29, 1.82) is 0 Å². The summed E-state index contributed by atoms with van der Waals surface area (Å²) < 4.78 is 23.9. The lowest BCUT2D eigenvalue weighted by Crippen LogP contribution is -2.20. The summed E-state index contributed by atoms with van der Waals surface area (Å²) in [6, 6.07) is 4.72. The monoisotopic (exact) mass is 199 g/mol. The van der Waals surface area contributed by atoms with Crippen molar-refractivity contribution in [3.63, 3.8) is 0 Å². The third-order valence-corrected chi connectivity index (χ3v) is 1.68. The molecular weight excluding hydrogens is 186 g/mol. The van der Waals surface area contributed by atoms with Crippen LogP contribution in [0.15, 0.2) is 24.2 Å². The molecule has 0 aliphatic rings. The van der Waals surface area contributed by atoms with Gasteiger partial charge >= 0.3 is 7.32 Å². The molecule has 0 radical (unpaired) electrons. The lowest BCUT2D eigenvalue weighted by molar-refractivity contribution is 0.288. The van der Waals surface area contributed by atoms with Gasteiger partial charge in [-0.3, -0.25) is 4.39 Å². The van der Waals surface area contributed by atoms with Crippen LogP contribution in [0.1, 0.15) is 13.4 Å². The Morgan fingerprint density at radius 3 is 2.79 bits per heavy atom. The molecule has 0 amide bonds. The third kappa shape index (κ3) is 3.76. The van der Waals surface area contributed by atoms with Crippen molar-refractivity contribution in [3.8, 4) is 5.75 Å². The van der Waals surface area contributed by atoms with Crippen LogP contribution in [0.2, 0.25) is 0 Å². The van der Waals surface area contributed by atoms with Crippen LogP contribution in [0.5, 0.6) is 5.75 Å². The molecule has 14 heavy (non-hydrogen) atoms. The molecule has 2 N–H and O–H groups in total. The second kappa shape index (κ2) is 5.62. The first-order valence-corrected chi connectivity index (χ1v) is 4.32. The third-order valence-electron chi connectivity index (χ3n) is 1.68. The van der Waals surface area contributed by atoms with Gasteiger partial charge in [0.25, 0.3) is 0 Å². The average molecular weight is 199 g/mol. The number of hydrogen-bond donors (Lipinski definition) is 2. The molecule has 76 valence electrons. The van der Waals surface area contributed by atoms with Crippen molar-refractivity contribution in [2.75, 3.05) is 6.67 Å². The van der Waals surface area contributed by atoms with Crippen molar-refractivity contribution >= 4 is 7.32 Å². The molecule has 1 rings (SSSR count). The Bertz CT molecular complexity index is 322. The minimum atomic E-state index is -1.93. The standard InChI is InChI=1S/C9H12BFO3/c11-7-1-2-8-3-5-9(6-4-8)14-10(12)13/h3-6,12-13H,1-2,7H2/i5D. The molecule has 0 aliphatic carbocycles. The Balaban J connectivity index is 2.70. The Labute approximate surface area is 83.7 Å². The fourth-order valence-corrected chi connectivity index (χ4v) is 1.06. The second-order valence-electron chi connectivity index (χ2n) is 2.80. The van der Waals surface area contributed by atoms with Crippen molar-refractivity contribution < 1.29 is 20.5 Å². The minimum absolute atomic E-state index is 0.0551. The number of alkyl halides is 1. The van der Waals surface area contributed by atoms with Crippen molar-refractivity contribution in [1.82, 2.24) is 0 Å². The Morgan fingerprint density at radius 1 is 1.43 bits per heavy atom.